The number of rotatable bonds is 1. The Morgan fingerprint density at radius 2 is 2.40 bits per heavy atom. The number of hydrogen-bond acceptors (Lipinski definition) is 1. The first kappa shape index (κ1) is 7.67. The Balaban J connectivity index is 2.70. The monoisotopic (exact) mass is 157 g/mol. The minimum Gasteiger partial charge on any atom is -0.381 e. The van der Waals surface area contributed by atoms with Gasteiger partial charge in [0, 0.05) is 11.7 Å². The van der Waals surface area contributed by atoms with Gasteiger partial charge in [-0.3, -0.25) is 0 Å². The van der Waals surface area contributed by atoms with E-state index in [1.165, 1.54) is 5.57 Å². The fraction of sp³-hybridized carbons (Fsp3) is 0.500. The van der Waals surface area contributed by atoms with Crippen molar-refractivity contribution < 1.29 is 0 Å². The van der Waals surface area contributed by atoms with Crippen LogP contribution in [0.5, 0.6) is 0 Å². The molecule has 1 N–H and O–H groups in total. The standard InChI is InChI=1S/C8H12ClN/c1-6-3-7(2)10-8(4-6)5-9/h3-4,7,10H,5H2,1-2H3. The van der Waals surface area contributed by atoms with Gasteiger partial charge < -0.3 is 5.32 Å². The average molecular weight is 158 g/mol. The first-order chi connectivity index (χ1) is 4.72. The molecule has 2 heteroatoms. The summed E-state index contributed by atoms with van der Waals surface area (Å²) in [7, 11) is 0. The van der Waals surface area contributed by atoms with E-state index in [1.807, 2.05) is 0 Å². The molecule has 0 saturated carbocycles. The highest BCUT2D eigenvalue weighted by Crippen LogP contribution is 2.09. The maximum Gasteiger partial charge on any atom is 0.0622 e. The third kappa shape index (κ3) is 1.77. The van der Waals surface area contributed by atoms with Gasteiger partial charge >= 0.3 is 0 Å². The van der Waals surface area contributed by atoms with Gasteiger partial charge in [-0.1, -0.05) is 11.6 Å². The van der Waals surface area contributed by atoms with Gasteiger partial charge in [-0.15, -0.1) is 11.6 Å². The summed E-state index contributed by atoms with van der Waals surface area (Å²) in [4.78, 5) is 0. The summed E-state index contributed by atoms with van der Waals surface area (Å²) in [6, 6.07) is 0.429. The lowest BCUT2D eigenvalue weighted by Crippen LogP contribution is -2.27. The molecule has 1 heterocycles. The fourth-order valence-corrected chi connectivity index (χ4v) is 1.32. The molecule has 1 nitrogen and oxygen atoms in total. The number of alkyl halides is 1. The molecule has 56 valence electrons. The number of allylic oxidation sites excluding steroid dienone is 3. The Bertz CT molecular complexity index is 182. The Labute approximate surface area is 66.8 Å². The van der Waals surface area contributed by atoms with Crippen LogP contribution in [0.15, 0.2) is 23.4 Å². The summed E-state index contributed by atoms with van der Waals surface area (Å²) in [5, 5.41) is 3.25. The molecule has 1 aliphatic heterocycles. The normalized spacial score (nSPS) is 24.9. The van der Waals surface area contributed by atoms with E-state index in [0.29, 0.717) is 11.9 Å². The van der Waals surface area contributed by atoms with Crippen LogP contribution in [0.3, 0.4) is 0 Å². The SMILES string of the molecule is CC1=CC(C)NC(CCl)=C1. The molecule has 0 fully saturated rings. The minimum atomic E-state index is 0.429. The molecule has 0 radical (unpaired) electrons. The molecule has 0 aromatic carbocycles. The van der Waals surface area contributed by atoms with Gasteiger partial charge in [-0.2, -0.15) is 0 Å². The first-order valence-corrected chi connectivity index (χ1v) is 3.97. The molecule has 1 rings (SSSR count). The average Bonchev–Trinajstić information content (AvgIpc) is 1.85. The van der Waals surface area contributed by atoms with E-state index < -0.39 is 0 Å². The van der Waals surface area contributed by atoms with E-state index in [4.69, 9.17) is 11.6 Å². The van der Waals surface area contributed by atoms with Crippen LogP contribution >= 0.6 is 11.6 Å². The Hall–Kier alpha value is -0.430. The van der Waals surface area contributed by atoms with E-state index in [1.54, 1.807) is 0 Å². The molecule has 0 aromatic heterocycles. The lowest BCUT2D eigenvalue weighted by atomic mass is 10.1. The van der Waals surface area contributed by atoms with Crippen LogP contribution in [0.25, 0.3) is 0 Å². The predicted octanol–water partition coefficient (Wildman–Crippen LogP) is 2.05. The van der Waals surface area contributed by atoms with Gasteiger partial charge in [-0.05, 0) is 19.9 Å². The summed E-state index contributed by atoms with van der Waals surface area (Å²) in [6.45, 7) is 4.20. The van der Waals surface area contributed by atoms with Gasteiger partial charge in [0.2, 0.25) is 0 Å². The fourth-order valence-electron chi connectivity index (χ4n) is 1.17. The number of hydrogen-bond donors (Lipinski definition) is 1. The largest absolute Gasteiger partial charge is 0.381 e. The highest BCUT2D eigenvalue weighted by Gasteiger charge is 2.05. The number of halogens is 1. The molecule has 0 bridgehead atoms. The third-order valence-corrected chi connectivity index (χ3v) is 1.76. The van der Waals surface area contributed by atoms with E-state index >= 15 is 0 Å². The lowest BCUT2D eigenvalue weighted by molar-refractivity contribution is 0.713. The highest BCUT2D eigenvalue weighted by molar-refractivity contribution is 6.19. The zero-order valence-electron chi connectivity index (χ0n) is 6.32. The minimum absolute atomic E-state index is 0.429. The maximum atomic E-state index is 5.65. The molecule has 0 spiro atoms. The topological polar surface area (TPSA) is 12.0 Å². The van der Waals surface area contributed by atoms with Crippen LogP contribution < -0.4 is 5.32 Å². The van der Waals surface area contributed by atoms with Crippen molar-refractivity contribution in [1.29, 1.82) is 0 Å². The molecule has 10 heavy (non-hydrogen) atoms. The summed E-state index contributed by atoms with van der Waals surface area (Å²) in [5.74, 6) is 0.579. The van der Waals surface area contributed by atoms with Gasteiger partial charge in [0.25, 0.3) is 0 Å². The van der Waals surface area contributed by atoms with Crippen LogP contribution in [0.2, 0.25) is 0 Å². The second-order valence-corrected chi connectivity index (χ2v) is 2.91. The molecule has 1 unspecified atom stereocenters. The molecule has 0 amide bonds. The first-order valence-electron chi connectivity index (χ1n) is 3.44. The smallest absolute Gasteiger partial charge is 0.0622 e. The summed E-state index contributed by atoms with van der Waals surface area (Å²) in [5.41, 5.74) is 2.41. The molecule has 0 aliphatic carbocycles. The second kappa shape index (κ2) is 3.11. The maximum absolute atomic E-state index is 5.65. The van der Waals surface area contributed by atoms with Crippen molar-refractivity contribution in [2.24, 2.45) is 0 Å². The van der Waals surface area contributed by atoms with Gasteiger partial charge in [0.15, 0.2) is 0 Å². The van der Waals surface area contributed by atoms with Crippen LogP contribution in [0, 0.1) is 0 Å². The van der Waals surface area contributed by atoms with Crippen molar-refractivity contribution in [3.05, 3.63) is 23.4 Å². The zero-order chi connectivity index (χ0) is 7.56. The van der Waals surface area contributed by atoms with Gasteiger partial charge in [0.05, 0.1) is 5.88 Å². The van der Waals surface area contributed by atoms with Crippen LogP contribution in [0.1, 0.15) is 13.8 Å². The molecule has 0 saturated heterocycles. The second-order valence-electron chi connectivity index (χ2n) is 2.65. The van der Waals surface area contributed by atoms with Crippen molar-refractivity contribution in [3.8, 4) is 0 Å². The quantitative estimate of drug-likeness (QED) is 0.575. The van der Waals surface area contributed by atoms with Crippen LogP contribution in [0.4, 0.5) is 0 Å². The molecular formula is C8H12ClN. The van der Waals surface area contributed by atoms with E-state index in [2.05, 4.69) is 31.3 Å². The molecule has 1 atom stereocenters. The van der Waals surface area contributed by atoms with Crippen molar-refractivity contribution in [2.75, 3.05) is 5.88 Å². The van der Waals surface area contributed by atoms with E-state index in [0.717, 1.165) is 5.70 Å². The predicted molar refractivity (Wildman–Crippen MR) is 45.2 cm³/mol. The number of nitrogens with one attached hydrogen (secondary N) is 1. The van der Waals surface area contributed by atoms with E-state index in [-0.39, 0.29) is 0 Å². The summed E-state index contributed by atoms with van der Waals surface area (Å²) < 4.78 is 0. The van der Waals surface area contributed by atoms with E-state index in [9.17, 15) is 0 Å². The Morgan fingerprint density at radius 1 is 1.70 bits per heavy atom. The van der Waals surface area contributed by atoms with Gasteiger partial charge in [-0.25, -0.2) is 0 Å². The molecule has 1 aliphatic rings. The summed E-state index contributed by atoms with van der Waals surface area (Å²) >= 11 is 5.65. The van der Waals surface area contributed by atoms with Crippen molar-refractivity contribution in [2.45, 2.75) is 19.9 Å². The van der Waals surface area contributed by atoms with Crippen molar-refractivity contribution in [1.82, 2.24) is 5.32 Å². The third-order valence-electron chi connectivity index (χ3n) is 1.47. The highest BCUT2D eigenvalue weighted by atomic mass is 35.5. The summed E-state index contributed by atoms with van der Waals surface area (Å²) in [6.07, 6.45) is 4.25. The van der Waals surface area contributed by atoms with Gasteiger partial charge in [0.1, 0.15) is 0 Å². The number of dihydropyridines is 1. The zero-order valence-corrected chi connectivity index (χ0v) is 7.07. The van der Waals surface area contributed by atoms with Crippen LogP contribution in [-0.4, -0.2) is 11.9 Å². The Morgan fingerprint density at radius 3 is 2.90 bits per heavy atom. The molecular weight excluding hydrogens is 146 g/mol. The van der Waals surface area contributed by atoms with Crippen LogP contribution in [-0.2, 0) is 0 Å². The molecule has 0 aromatic rings. The lowest BCUT2D eigenvalue weighted by Gasteiger charge is -2.18. The van der Waals surface area contributed by atoms with Crippen molar-refractivity contribution in [3.63, 3.8) is 0 Å². The Kier molecular flexibility index (Phi) is 2.39. The van der Waals surface area contributed by atoms with Crippen molar-refractivity contribution >= 4 is 11.6 Å².